The van der Waals surface area contributed by atoms with Crippen molar-refractivity contribution in [2.75, 3.05) is 5.32 Å². The van der Waals surface area contributed by atoms with Crippen molar-refractivity contribution in [3.05, 3.63) is 26.6 Å². The van der Waals surface area contributed by atoms with Crippen LogP contribution in [0.5, 0.6) is 0 Å². The Hall–Kier alpha value is 0.610. The summed E-state index contributed by atoms with van der Waals surface area (Å²) >= 11 is 13.4. The van der Waals surface area contributed by atoms with Gasteiger partial charge in [0.05, 0.1) is 5.69 Å². The van der Waals surface area contributed by atoms with E-state index in [9.17, 15) is 4.79 Å². The third kappa shape index (κ3) is 1.60. The summed E-state index contributed by atoms with van der Waals surface area (Å²) in [5.41, 5.74) is 1.66. The molecule has 6 heteroatoms. The molecule has 2 rings (SSSR count). The SMILES string of the molecule is O=C1Nc2c(Br)cc(Br)cc2C1(Br)Br. The van der Waals surface area contributed by atoms with E-state index in [1.54, 1.807) is 0 Å². The van der Waals surface area contributed by atoms with Gasteiger partial charge in [-0.2, -0.15) is 0 Å². The van der Waals surface area contributed by atoms with E-state index in [2.05, 4.69) is 69.0 Å². The van der Waals surface area contributed by atoms with Crippen LogP contribution in [0.2, 0.25) is 0 Å². The first-order valence-electron chi connectivity index (χ1n) is 3.61. The largest absolute Gasteiger partial charge is 0.322 e. The first-order chi connectivity index (χ1) is 6.43. The molecule has 0 radical (unpaired) electrons. The molecule has 74 valence electrons. The van der Waals surface area contributed by atoms with E-state index in [1.165, 1.54) is 0 Å². The lowest BCUT2D eigenvalue weighted by Crippen LogP contribution is -2.20. The maximum atomic E-state index is 11.6. The lowest BCUT2D eigenvalue weighted by molar-refractivity contribution is -0.115. The molecule has 1 aromatic carbocycles. The van der Waals surface area contributed by atoms with Crippen LogP contribution in [0, 0.1) is 0 Å². The number of anilines is 1. The molecule has 1 aromatic rings. The van der Waals surface area contributed by atoms with Crippen LogP contribution < -0.4 is 5.32 Å². The van der Waals surface area contributed by atoms with Gasteiger partial charge in [-0.3, -0.25) is 4.79 Å². The molecule has 0 aliphatic carbocycles. The average molecular weight is 449 g/mol. The lowest BCUT2D eigenvalue weighted by Gasteiger charge is -2.10. The van der Waals surface area contributed by atoms with E-state index in [0.29, 0.717) is 0 Å². The second-order valence-corrected chi connectivity index (χ2v) is 8.05. The van der Waals surface area contributed by atoms with Gasteiger partial charge in [-0.25, -0.2) is 0 Å². The van der Waals surface area contributed by atoms with Gasteiger partial charge in [0.15, 0.2) is 3.23 Å². The fourth-order valence-corrected chi connectivity index (χ4v) is 3.41. The summed E-state index contributed by atoms with van der Waals surface area (Å²) in [7, 11) is 0. The molecule has 1 heterocycles. The second-order valence-electron chi connectivity index (χ2n) is 2.84. The molecule has 1 aliphatic rings. The summed E-state index contributed by atoms with van der Waals surface area (Å²) in [5.74, 6) is -0.119. The van der Waals surface area contributed by atoms with Crippen LogP contribution in [0.4, 0.5) is 5.69 Å². The Morgan fingerprint density at radius 3 is 2.50 bits per heavy atom. The van der Waals surface area contributed by atoms with Gasteiger partial charge < -0.3 is 5.32 Å². The fraction of sp³-hybridized carbons (Fsp3) is 0.125. The molecule has 0 unspecified atom stereocenters. The van der Waals surface area contributed by atoms with Crippen LogP contribution in [0.25, 0.3) is 0 Å². The predicted molar refractivity (Wildman–Crippen MR) is 70.0 cm³/mol. The van der Waals surface area contributed by atoms with Crippen molar-refractivity contribution in [1.82, 2.24) is 0 Å². The Morgan fingerprint density at radius 2 is 1.86 bits per heavy atom. The minimum absolute atomic E-state index is 0.119. The summed E-state index contributed by atoms with van der Waals surface area (Å²) in [6.07, 6.45) is 0. The lowest BCUT2D eigenvalue weighted by atomic mass is 10.2. The van der Waals surface area contributed by atoms with E-state index in [1.807, 2.05) is 12.1 Å². The first kappa shape index (κ1) is 11.1. The zero-order valence-corrected chi connectivity index (χ0v) is 12.9. The molecule has 0 bridgehead atoms. The number of amides is 1. The van der Waals surface area contributed by atoms with Crippen LogP contribution in [0.15, 0.2) is 21.1 Å². The highest BCUT2D eigenvalue weighted by Gasteiger charge is 2.43. The fourth-order valence-electron chi connectivity index (χ4n) is 1.26. The first-order valence-corrected chi connectivity index (χ1v) is 6.79. The molecule has 0 aromatic heterocycles. The number of fused-ring (bicyclic) bond motifs is 1. The number of benzene rings is 1. The van der Waals surface area contributed by atoms with Crippen molar-refractivity contribution in [3.63, 3.8) is 0 Å². The zero-order valence-electron chi connectivity index (χ0n) is 6.57. The molecule has 0 atom stereocenters. The summed E-state index contributed by atoms with van der Waals surface area (Å²) in [5, 5.41) is 2.78. The molecule has 1 amide bonds. The van der Waals surface area contributed by atoms with Gasteiger partial charge in [-0.15, -0.1) is 0 Å². The monoisotopic (exact) mass is 445 g/mol. The van der Waals surface area contributed by atoms with Crippen molar-refractivity contribution in [2.24, 2.45) is 0 Å². The number of rotatable bonds is 0. The quantitative estimate of drug-likeness (QED) is 0.595. The molecule has 0 saturated carbocycles. The normalized spacial score (nSPS) is 17.9. The standard InChI is InChI=1S/C8H3Br4NO/c9-3-1-4-6(5(10)2-3)13-7(14)8(4,11)12/h1-2H,(H,13,14). The van der Waals surface area contributed by atoms with Gasteiger partial charge in [-0.1, -0.05) is 47.8 Å². The number of carbonyl (C=O) groups excluding carboxylic acids is 1. The van der Waals surface area contributed by atoms with Crippen molar-refractivity contribution < 1.29 is 4.79 Å². The summed E-state index contributed by atoms with van der Waals surface area (Å²) in [6.45, 7) is 0. The maximum Gasteiger partial charge on any atom is 0.256 e. The predicted octanol–water partition coefficient (Wildman–Crippen LogP) is 4.11. The topological polar surface area (TPSA) is 29.1 Å². The Kier molecular flexibility index (Phi) is 2.83. The van der Waals surface area contributed by atoms with E-state index in [0.717, 1.165) is 20.2 Å². The van der Waals surface area contributed by atoms with Crippen LogP contribution in [0.1, 0.15) is 5.56 Å². The molecule has 1 N–H and O–H groups in total. The second kappa shape index (κ2) is 3.57. The highest BCUT2D eigenvalue weighted by atomic mass is 79.9. The molecule has 14 heavy (non-hydrogen) atoms. The summed E-state index contributed by atoms with van der Waals surface area (Å²) < 4.78 is 0.959. The van der Waals surface area contributed by atoms with Crippen molar-refractivity contribution >= 4 is 75.3 Å². The average Bonchev–Trinajstić information content (AvgIpc) is 2.28. The van der Waals surface area contributed by atoms with Crippen LogP contribution in [-0.4, -0.2) is 5.91 Å². The zero-order chi connectivity index (χ0) is 10.5. The van der Waals surface area contributed by atoms with E-state index in [4.69, 9.17) is 0 Å². The molecule has 0 spiro atoms. The Bertz CT molecular complexity index is 430. The number of carbonyl (C=O) groups is 1. The Labute approximate surface area is 114 Å². The molecular formula is C8H3Br4NO. The summed E-state index contributed by atoms with van der Waals surface area (Å²) in [4.78, 5) is 11.6. The third-order valence-corrected chi connectivity index (χ3v) is 4.57. The van der Waals surface area contributed by atoms with Crippen molar-refractivity contribution in [2.45, 2.75) is 3.23 Å². The van der Waals surface area contributed by atoms with Crippen LogP contribution in [-0.2, 0) is 8.03 Å². The van der Waals surface area contributed by atoms with Crippen molar-refractivity contribution in [3.8, 4) is 0 Å². The molecule has 2 nitrogen and oxygen atoms in total. The Morgan fingerprint density at radius 1 is 1.21 bits per heavy atom. The smallest absolute Gasteiger partial charge is 0.256 e. The van der Waals surface area contributed by atoms with E-state index >= 15 is 0 Å². The minimum Gasteiger partial charge on any atom is -0.322 e. The molecule has 0 fully saturated rings. The summed E-state index contributed by atoms with van der Waals surface area (Å²) in [6, 6.07) is 3.78. The molecule has 1 aliphatic heterocycles. The van der Waals surface area contributed by atoms with Crippen LogP contribution in [0.3, 0.4) is 0 Å². The third-order valence-electron chi connectivity index (χ3n) is 1.92. The minimum atomic E-state index is -0.818. The van der Waals surface area contributed by atoms with E-state index in [-0.39, 0.29) is 5.91 Å². The highest BCUT2D eigenvalue weighted by Crippen LogP contribution is 2.50. The highest BCUT2D eigenvalue weighted by molar-refractivity contribution is 9.25. The van der Waals surface area contributed by atoms with Gasteiger partial charge in [0.1, 0.15) is 0 Å². The maximum absolute atomic E-state index is 11.6. The molecule has 0 saturated heterocycles. The van der Waals surface area contributed by atoms with Crippen molar-refractivity contribution in [1.29, 1.82) is 0 Å². The number of alkyl halides is 2. The van der Waals surface area contributed by atoms with Gasteiger partial charge in [-0.05, 0) is 28.1 Å². The van der Waals surface area contributed by atoms with Gasteiger partial charge in [0.25, 0.3) is 5.91 Å². The number of nitrogens with one attached hydrogen (secondary N) is 1. The van der Waals surface area contributed by atoms with Crippen LogP contribution >= 0.6 is 63.7 Å². The number of hydrogen-bond acceptors (Lipinski definition) is 1. The van der Waals surface area contributed by atoms with Gasteiger partial charge in [0.2, 0.25) is 0 Å². The van der Waals surface area contributed by atoms with E-state index < -0.39 is 3.23 Å². The number of hydrogen-bond donors (Lipinski definition) is 1. The van der Waals surface area contributed by atoms with Gasteiger partial charge >= 0.3 is 0 Å². The molecular weight excluding hydrogens is 446 g/mol. The van der Waals surface area contributed by atoms with Gasteiger partial charge in [0, 0.05) is 14.5 Å². The number of halogens is 4. The Balaban J connectivity index is 2.71.